The van der Waals surface area contributed by atoms with Crippen LogP contribution in [0.4, 0.5) is 11.4 Å². The van der Waals surface area contributed by atoms with Gasteiger partial charge in [-0.15, -0.1) is 0 Å². The second kappa shape index (κ2) is 9.14. The third-order valence-electron chi connectivity index (χ3n) is 6.46. The van der Waals surface area contributed by atoms with Crippen LogP contribution < -0.4 is 15.4 Å². The van der Waals surface area contributed by atoms with E-state index in [1.54, 1.807) is 18.2 Å². The van der Waals surface area contributed by atoms with E-state index in [2.05, 4.69) is 24.5 Å². The van der Waals surface area contributed by atoms with E-state index in [0.29, 0.717) is 52.2 Å². The van der Waals surface area contributed by atoms with Gasteiger partial charge >= 0.3 is 0 Å². The summed E-state index contributed by atoms with van der Waals surface area (Å²) in [6, 6.07) is 17.8. The second-order valence-corrected chi connectivity index (χ2v) is 10.6. The normalized spacial score (nSPS) is 18.6. The van der Waals surface area contributed by atoms with E-state index in [9.17, 15) is 9.90 Å². The first-order valence-corrected chi connectivity index (χ1v) is 12.2. The van der Waals surface area contributed by atoms with E-state index < -0.39 is 6.04 Å². The van der Waals surface area contributed by atoms with Crippen LogP contribution in [-0.4, -0.2) is 10.9 Å². The summed E-state index contributed by atoms with van der Waals surface area (Å²) >= 11 is 13.0. The van der Waals surface area contributed by atoms with Gasteiger partial charge in [0.1, 0.15) is 23.8 Å². The van der Waals surface area contributed by atoms with E-state index in [1.165, 1.54) is 0 Å². The van der Waals surface area contributed by atoms with Gasteiger partial charge in [0.25, 0.3) is 0 Å². The number of carbonyl (C=O) groups is 1. The van der Waals surface area contributed by atoms with Crippen molar-refractivity contribution in [2.24, 2.45) is 5.41 Å². The SMILES string of the molecule is CC1(C)CC(=O)C2=C(C1)Nc1c(O)cccc1NC2c1ccc(OCc2ccccc2Cl)cc1Cl. The number of fused-ring (bicyclic) bond motifs is 1. The summed E-state index contributed by atoms with van der Waals surface area (Å²) in [5.41, 5.74) is 4.16. The van der Waals surface area contributed by atoms with Gasteiger partial charge in [0.05, 0.1) is 11.7 Å². The van der Waals surface area contributed by atoms with Crippen molar-refractivity contribution < 1.29 is 14.6 Å². The number of rotatable bonds is 4. The van der Waals surface area contributed by atoms with Crippen molar-refractivity contribution in [1.29, 1.82) is 0 Å². The summed E-state index contributed by atoms with van der Waals surface area (Å²) in [6.45, 7) is 4.47. The number of phenols is 1. The van der Waals surface area contributed by atoms with Crippen molar-refractivity contribution in [2.45, 2.75) is 39.3 Å². The molecule has 180 valence electrons. The second-order valence-electron chi connectivity index (χ2n) is 9.80. The highest BCUT2D eigenvalue weighted by atomic mass is 35.5. The molecule has 1 heterocycles. The number of para-hydroxylation sites is 1. The van der Waals surface area contributed by atoms with Crippen LogP contribution in [0.1, 0.15) is 43.9 Å². The maximum absolute atomic E-state index is 13.4. The molecular weight excluding hydrogens is 483 g/mol. The quantitative estimate of drug-likeness (QED) is 0.318. The Labute approximate surface area is 214 Å². The number of hydrogen-bond acceptors (Lipinski definition) is 5. The number of nitrogens with one attached hydrogen (secondary N) is 2. The van der Waals surface area contributed by atoms with Crippen molar-refractivity contribution in [3.63, 3.8) is 0 Å². The van der Waals surface area contributed by atoms with Gasteiger partial charge in [-0.2, -0.15) is 0 Å². The van der Waals surface area contributed by atoms with Gasteiger partial charge in [0.15, 0.2) is 5.78 Å². The van der Waals surface area contributed by atoms with Crippen molar-refractivity contribution in [3.8, 4) is 11.5 Å². The molecule has 1 unspecified atom stereocenters. The molecule has 1 atom stereocenters. The lowest BCUT2D eigenvalue weighted by atomic mass is 9.73. The number of halogens is 2. The van der Waals surface area contributed by atoms with Crippen molar-refractivity contribution >= 4 is 40.4 Å². The summed E-state index contributed by atoms with van der Waals surface area (Å²) in [7, 11) is 0. The topological polar surface area (TPSA) is 70.6 Å². The lowest BCUT2D eigenvalue weighted by Crippen LogP contribution is -2.31. The molecule has 0 bridgehead atoms. The lowest BCUT2D eigenvalue weighted by Gasteiger charge is -2.34. The summed E-state index contributed by atoms with van der Waals surface area (Å²) in [4.78, 5) is 13.4. The van der Waals surface area contributed by atoms with Crippen LogP contribution >= 0.6 is 23.2 Å². The molecule has 3 aromatic carbocycles. The highest BCUT2D eigenvalue weighted by molar-refractivity contribution is 6.32. The number of benzene rings is 3. The van der Waals surface area contributed by atoms with Gasteiger partial charge in [0.2, 0.25) is 0 Å². The monoisotopic (exact) mass is 508 g/mol. The van der Waals surface area contributed by atoms with Crippen LogP contribution in [0, 0.1) is 5.41 Å². The number of ketones is 1. The van der Waals surface area contributed by atoms with E-state index in [4.69, 9.17) is 27.9 Å². The molecule has 1 aliphatic carbocycles. The van der Waals surface area contributed by atoms with Crippen LogP contribution in [0.2, 0.25) is 10.0 Å². The molecule has 5 rings (SSSR count). The first kappa shape index (κ1) is 23.6. The minimum absolute atomic E-state index is 0.0589. The van der Waals surface area contributed by atoms with Crippen LogP contribution in [0.5, 0.6) is 11.5 Å². The Morgan fingerprint density at radius 3 is 2.60 bits per heavy atom. The average molecular weight is 509 g/mol. The fourth-order valence-electron chi connectivity index (χ4n) is 4.79. The zero-order chi connectivity index (χ0) is 24.7. The number of hydrogen-bond donors (Lipinski definition) is 3. The Balaban J connectivity index is 1.51. The molecule has 0 fully saturated rings. The average Bonchev–Trinajstić information content (AvgIpc) is 2.95. The third-order valence-corrected chi connectivity index (χ3v) is 7.16. The minimum atomic E-state index is -0.478. The molecular formula is C28H26Cl2N2O3. The molecule has 7 heteroatoms. The van der Waals surface area contributed by atoms with E-state index in [-0.39, 0.29) is 16.9 Å². The Bertz CT molecular complexity index is 1350. The van der Waals surface area contributed by atoms with Crippen molar-refractivity contribution in [3.05, 3.63) is 93.1 Å². The van der Waals surface area contributed by atoms with E-state index in [0.717, 1.165) is 16.8 Å². The molecule has 0 amide bonds. The third kappa shape index (κ3) is 4.71. The van der Waals surface area contributed by atoms with Crippen molar-refractivity contribution in [1.82, 2.24) is 0 Å². The minimum Gasteiger partial charge on any atom is -0.506 e. The zero-order valence-electron chi connectivity index (χ0n) is 19.5. The van der Waals surface area contributed by atoms with Crippen molar-refractivity contribution in [2.75, 3.05) is 10.6 Å². The van der Waals surface area contributed by atoms with Gasteiger partial charge in [0, 0.05) is 33.3 Å². The fourth-order valence-corrected chi connectivity index (χ4v) is 5.26. The molecule has 35 heavy (non-hydrogen) atoms. The van der Waals surface area contributed by atoms with Crippen LogP contribution in [0.15, 0.2) is 71.9 Å². The number of ether oxygens (including phenoxy) is 1. The summed E-state index contributed by atoms with van der Waals surface area (Å²) < 4.78 is 5.93. The molecule has 0 saturated carbocycles. The molecule has 1 aliphatic heterocycles. The van der Waals surface area contributed by atoms with Crippen LogP contribution in [-0.2, 0) is 11.4 Å². The molecule has 0 saturated heterocycles. The number of Topliss-reactive ketones (excluding diaryl/α,β-unsaturated/α-hetero) is 1. The Kier molecular flexibility index (Phi) is 6.16. The highest BCUT2D eigenvalue weighted by Crippen LogP contribution is 2.48. The van der Waals surface area contributed by atoms with E-state index in [1.807, 2.05) is 42.5 Å². The summed E-state index contributed by atoms with van der Waals surface area (Å²) in [5, 5.41) is 18.5. The molecule has 3 N–H and O–H groups in total. The maximum atomic E-state index is 13.4. The van der Waals surface area contributed by atoms with Gasteiger partial charge < -0.3 is 20.5 Å². The van der Waals surface area contributed by atoms with Gasteiger partial charge in [-0.25, -0.2) is 0 Å². The van der Waals surface area contributed by atoms with E-state index >= 15 is 0 Å². The Morgan fingerprint density at radius 1 is 1.03 bits per heavy atom. The summed E-state index contributed by atoms with van der Waals surface area (Å²) in [5.74, 6) is 0.783. The zero-order valence-corrected chi connectivity index (χ0v) is 21.0. The summed E-state index contributed by atoms with van der Waals surface area (Å²) in [6.07, 6.45) is 1.11. The standard InChI is InChI=1S/C28H26Cl2N2O3/c1-28(2)13-22-25(24(34)14-28)26(31-21-8-5-9-23(33)27(21)32-22)18-11-10-17(12-20(18)30)35-15-16-6-3-4-7-19(16)29/h3-12,26,31-33H,13-15H2,1-2H3. The highest BCUT2D eigenvalue weighted by Gasteiger charge is 2.39. The molecule has 2 aliphatic rings. The van der Waals surface area contributed by atoms with Gasteiger partial charge in [-0.05, 0) is 47.7 Å². The fraction of sp³-hybridized carbons (Fsp3) is 0.250. The predicted octanol–water partition coefficient (Wildman–Crippen LogP) is 7.50. The number of aromatic hydroxyl groups is 1. The largest absolute Gasteiger partial charge is 0.506 e. The maximum Gasteiger partial charge on any atom is 0.163 e. The molecule has 0 radical (unpaired) electrons. The van der Waals surface area contributed by atoms with Gasteiger partial charge in [-0.1, -0.05) is 67.4 Å². The number of phenolic OH excluding ortho intramolecular Hbond substituents is 1. The smallest absolute Gasteiger partial charge is 0.163 e. The number of allylic oxidation sites excluding steroid dienone is 1. The first-order valence-electron chi connectivity index (χ1n) is 11.5. The first-order chi connectivity index (χ1) is 16.7. The molecule has 3 aromatic rings. The van der Waals surface area contributed by atoms with Gasteiger partial charge in [-0.3, -0.25) is 4.79 Å². The molecule has 0 spiro atoms. The molecule has 0 aromatic heterocycles. The van der Waals surface area contributed by atoms with Crippen LogP contribution in [0.3, 0.4) is 0 Å². The predicted molar refractivity (Wildman–Crippen MR) is 140 cm³/mol. The number of carbonyl (C=O) groups excluding carboxylic acids is 1. The molecule has 5 nitrogen and oxygen atoms in total. The number of anilines is 2. The lowest BCUT2D eigenvalue weighted by molar-refractivity contribution is -0.118. The Morgan fingerprint density at radius 2 is 1.83 bits per heavy atom. The Hall–Kier alpha value is -3.15. The van der Waals surface area contributed by atoms with Crippen LogP contribution in [0.25, 0.3) is 0 Å².